The van der Waals surface area contributed by atoms with Crippen LogP contribution in [0.1, 0.15) is 18.4 Å². The molecule has 106 valence electrons. The van der Waals surface area contributed by atoms with E-state index in [1.807, 2.05) is 0 Å². The molecule has 1 aliphatic heterocycles. The maximum atomic E-state index is 11.1. The summed E-state index contributed by atoms with van der Waals surface area (Å²) in [7, 11) is 0. The molecule has 1 heterocycles. The molecule has 1 aromatic rings. The Balaban J connectivity index is 2.37. The van der Waals surface area contributed by atoms with Gasteiger partial charge in [-0.3, -0.25) is 9.59 Å². The molecule has 6 nitrogen and oxygen atoms in total. The maximum absolute atomic E-state index is 11.1. The largest absolute Gasteiger partial charge is 0.491 e. The molecule has 20 heavy (non-hydrogen) atoms. The molecule has 2 rings (SSSR count). The summed E-state index contributed by atoms with van der Waals surface area (Å²) in [5.74, 6) is -1.67. The molecule has 0 saturated carbocycles. The number of amides is 2. The van der Waals surface area contributed by atoms with E-state index in [2.05, 4.69) is 10.5 Å². The third-order valence-corrected chi connectivity index (χ3v) is 3.47. The molecule has 0 fully saturated rings. The lowest BCUT2D eigenvalue weighted by Crippen LogP contribution is -2.33. The van der Waals surface area contributed by atoms with E-state index < -0.39 is 11.8 Å². The van der Waals surface area contributed by atoms with Crippen LogP contribution in [0, 0.1) is 0 Å². The first kappa shape index (κ1) is 14.6. The molecule has 0 unspecified atom stereocenters. The van der Waals surface area contributed by atoms with Crippen LogP contribution < -0.4 is 15.9 Å². The summed E-state index contributed by atoms with van der Waals surface area (Å²) in [5, 5.41) is 4.57. The standard InChI is InChI=1S/C12H11Cl2N3O3/c13-7-4-3-6-8(16-17-12(19)11(15)18)2-1-5-20-10(6)9(7)14/h3-4H,1-2,5H2,(H2,15,18)(H,17,19)/b16-8-. The van der Waals surface area contributed by atoms with Crippen LogP contribution in [0.4, 0.5) is 0 Å². The monoisotopic (exact) mass is 315 g/mol. The number of carbonyl (C=O) groups is 2. The number of primary amides is 1. The molecule has 8 heteroatoms. The van der Waals surface area contributed by atoms with Crippen LogP contribution in [0.2, 0.25) is 10.0 Å². The highest BCUT2D eigenvalue weighted by Gasteiger charge is 2.20. The number of rotatable bonds is 1. The molecule has 0 aliphatic carbocycles. The fourth-order valence-corrected chi connectivity index (χ4v) is 2.11. The van der Waals surface area contributed by atoms with Crippen LogP contribution in [-0.2, 0) is 9.59 Å². The van der Waals surface area contributed by atoms with E-state index in [9.17, 15) is 9.59 Å². The Morgan fingerprint density at radius 1 is 1.35 bits per heavy atom. The van der Waals surface area contributed by atoms with E-state index in [1.165, 1.54) is 0 Å². The number of hydrogen-bond acceptors (Lipinski definition) is 4. The van der Waals surface area contributed by atoms with Crippen LogP contribution in [0.5, 0.6) is 5.75 Å². The lowest BCUT2D eigenvalue weighted by molar-refractivity contribution is -0.137. The van der Waals surface area contributed by atoms with Crippen LogP contribution in [0.15, 0.2) is 17.2 Å². The molecular formula is C12H11Cl2N3O3. The van der Waals surface area contributed by atoms with Gasteiger partial charge in [0.2, 0.25) is 0 Å². The molecule has 1 aromatic carbocycles. The quantitative estimate of drug-likeness (QED) is 0.607. The summed E-state index contributed by atoms with van der Waals surface area (Å²) < 4.78 is 5.54. The Kier molecular flexibility index (Phi) is 4.46. The topological polar surface area (TPSA) is 93.8 Å². The highest BCUT2D eigenvalue weighted by atomic mass is 35.5. The van der Waals surface area contributed by atoms with E-state index >= 15 is 0 Å². The zero-order chi connectivity index (χ0) is 14.7. The van der Waals surface area contributed by atoms with Crippen molar-refractivity contribution in [3.8, 4) is 5.75 Å². The van der Waals surface area contributed by atoms with E-state index in [0.717, 1.165) is 0 Å². The predicted molar refractivity (Wildman–Crippen MR) is 75.1 cm³/mol. The van der Waals surface area contributed by atoms with Gasteiger partial charge >= 0.3 is 11.8 Å². The number of halogens is 2. The van der Waals surface area contributed by atoms with Gasteiger partial charge in [-0.1, -0.05) is 23.2 Å². The van der Waals surface area contributed by atoms with Crippen molar-refractivity contribution in [3.05, 3.63) is 27.7 Å². The van der Waals surface area contributed by atoms with Gasteiger partial charge in [0, 0.05) is 5.56 Å². The van der Waals surface area contributed by atoms with E-state index in [1.54, 1.807) is 12.1 Å². The lowest BCUT2D eigenvalue weighted by atomic mass is 10.1. The number of benzene rings is 1. The molecule has 3 N–H and O–H groups in total. The molecule has 2 amide bonds. The van der Waals surface area contributed by atoms with Crippen molar-refractivity contribution >= 4 is 40.7 Å². The minimum Gasteiger partial charge on any atom is -0.491 e. The summed E-state index contributed by atoms with van der Waals surface area (Å²) in [6, 6.07) is 3.31. The minimum atomic E-state index is -1.10. The Morgan fingerprint density at radius 3 is 2.80 bits per heavy atom. The van der Waals surface area contributed by atoms with E-state index in [4.69, 9.17) is 33.7 Å². The smallest absolute Gasteiger partial charge is 0.329 e. The van der Waals surface area contributed by atoms with Gasteiger partial charge in [0.05, 0.1) is 17.3 Å². The number of fused-ring (bicyclic) bond motifs is 1. The summed E-state index contributed by atoms with van der Waals surface area (Å²) in [4.78, 5) is 21.8. The van der Waals surface area contributed by atoms with Crippen molar-refractivity contribution in [1.82, 2.24) is 5.43 Å². The molecule has 0 saturated heterocycles. The Labute approximate surface area is 124 Å². The van der Waals surface area contributed by atoms with Gasteiger partial charge in [0.25, 0.3) is 0 Å². The third-order valence-electron chi connectivity index (χ3n) is 2.68. The van der Waals surface area contributed by atoms with Gasteiger partial charge in [-0.15, -0.1) is 0 Å². The fraction of sp³-hybridized carbons (Fsp3) is 0.250. The minimum absolute atomic E-state index is 0.292. The number of ether oxygens (including phenoxy) is 1. The third kappa shape index (κ3) is 3.02. The van der Waals surface area contributed by atoms with Gasteiger partial charge in [0.15, 0.2) is 0 Å². The second-order valence-electron chi connectivity index (χ2n) is 4.05. The first-order valence-electron chi connectivity index (χ1n) is 5.78. The van der Waals surface area contributed by atoms with E-state index in [0.29, 0.717) is 46.5 Å². The molecule has 0 atom stereocenters. The van der Waals surface area contributed by atoms with Gasteiger partial charge in [-0.2, -0.15) is 5.10 Å². The number of hydrazone groups is 1. The van der Waals surface area contributed by atoms with Crippen molar-refractivity contribution in [2.45, 2.75) is 12.8 Å². The Hall–Kier alpha value is -1.79. The summed E-state index contributed by atoms with van der Waals surface area (Å²) in [6.45, 7) is 0.454. The fourth-order valence-electron chi connectivity index (χ4n) is 1.74. The van der Waals surface area contributed by atoms with Crippen molar-refractivity contribution < 1.29 is 14.3 Å². The van der Waals surface area contributed by atoms with Crippen LogP contribution in [0.3, 0.4) is 0 Å². The van der Waals surface area contributed by atoms with E-state index in [-0.39, 0.29) is 0 Å². The molecule has 0 bridgehead atoms. The highest BCUT2D eigenvalue weighted by molar-refractivity contribution is 6.43. The van der Waals surface area contributed by atoms with Crippen LogP contribution >= 0.6 is 23.2 Å². The zero-order valence-corrected chi connectivity index (χ0v) is 11.8. The number of nitrogens with one attached hydrogen (secondary N) is 1. The van der Waals surface area contributed by atoms with Crippen LogP contribution in [-0.4, -0.2) is 24.1 Å². The normalized spacial score (nSPS) is 16.0. The molecule has 0 spiro atoms. The number of nitrogens with two attached hydrogens (primary N) is 1. The van der Waals surface area contributed by atoms with Crippen LogP contribution in [0.25, 0.3) is 0 Å². The lowest BCUT2D eigenvalue weighted by Gasteiger charge is -2.10. The molecular weight excluding hydrogens is 305 g/mol. The summed E-state index contributed by atoms with van der Waals surface area (Å²) in [5.41, 5.74) is 8.11. The van der Waals surface area contributed by atoms with Gasteiger partial charge in [0.1, 0.15) is 10.8 Å². The van der Waals surface area contributed by atoms with Gasteiger partial charge < -0.3 is 10.5 Å². The van der Waals surface area contributed by atoms with Crippen molar-refractivity contribution in [2.24, 2.45) is 10.8 Å². The molecule has 0 aromatic heterocycles. The SMILES string of the molecule is NC(=O)C(=O)N/N=C1/CCCOc2c1ccc(Cl)c2Cl. The van der Waals surface area contributed by atoms with Gasteiger partial charge in [-0.25, -0.2) is 5.43 Å². The average molecular weight is 316 g/mol. The molecule has 1 aliphatic rings. The first-order chi connectivity index (χ1) is 9.50. The summed E-state index contributed by atoms with van der Waals surface area (Å²) >= 11 is 12.0. The van der Waals surface area contributed by atoms with Crippen molar-refractivity contribution in [1.29, 1.82) is 0 Å². The number of carbonyl (C=O) groups excluding carboxylic acids is 2. The second-order valence-corrected chi connectivity index (χ2v) is 4.84. The number of nitrogens with zero attached hydrogens (tertiary/aromatic N) is 1. The average Bonchev–Trinajstić information content (AvgIpc) is 2.62. The molecule has 0 radical (unpaired) electrons. The second kappa shape index (κ2) is 6.11. The Bertz CT molecular complexity index is 602. The van der Waals surface area contributed by atoms with Crippen molar-refractivity contribution in [3.63, 3.8) is 0 Å². The maximum Gasteiger partial charge on any atom is 0.329 e. The zero-order valence-electron chi connectivity index (χ0n) is 10.3. The Morgan fingerprint density at radius 2 is 2.10 bits per heavy atom. The predicted octanol–water partition coefficient (Wildman–Crippen LogP) is 1.47. The van der Waals surface area contributed by atoms with Gasteiger partial charge in [-0.05, 0) is 25.0 Å². The summed E-state index contributed by atoms with van der Waals surface area (Å²) in [6.07, 6.45) is 1.25. The number of hydrogen-bond donors (Lipinski definition) is 2. The first-order valence-corrected chi connectivity index (χ1v) is 6.54. The highest BCUT2D eigenvalue weighted by Crippen LogP contribution is 2.37. The van der Waals surface area contributed by atoms with Crippen molar-refractivity contribution in [2.75, 3.05) is 6.61 Å².